The molecule has 3 heteroatoms. The fraction of sp³-hybridized carbons (Fsp3) is 0.625. The number of hydrogen-bond donors (Lipinski definition) is 1. The van der Waals surface area contributed by atoms with Crippen LogP contribution >= 0.6 is 11.6 Å². The number of nitrogens with one attached hydrogen (secondary N) is 1. The van der Waals surface area contributed by atoms with Crippen molar-refractivity contribution in [3.8, 4) is 0 Å². The molecule has 0 amide bonds. The number of hydrogen-bond acceptors (Lipinski definition) is 2. The first-order chi connectivity index (χ1) is 9.15. The zero-order chi connectivity index (χ0) is 13.8. The lowest BCUT2D eigenvalue weighted by Gasteiger charge is -2.39. The van der Waals surface area contributed by atoms with Gasteiger partial charge in [0, 0.05) is 17.6 Å². The van der Waals surface area contributed by atoms with Gasteiger partial charge in [0.2, 0.25) is 0 Å². The number of morpholine rings is 1. The SMILES string of the molecule is CCC(CC)C1CNC(C)C(c2cccc(Cl)c2)O1. The highest BCUT2D eigenvalue weighted by atomic mass is 35.5. The third kappa shape index (κ3) is 3.50. The van der Waals surface area contributed by atoms with E-state index in [1.54, 1.807) is 0 Å². The quantitative estimate of drug-likeness (QED) is 0.893. The molecular weight excluding hydrogens is 258 g/mol. The summed E-state index contributed by atoms with van der Waals surface area (Å²) in [6.45, 7) is 7.60. The van der Waals surface area contributed by atoms with Crippen molar-refractivity contribution in [2.45, 2.75) is 51.9 Å². The third-order valence-electron chi connectivity index (χ3n) is 4.17. The molecule has 1 aliphatic heterocycles. The van der Waals surface area contributed by atoms with E-state index in [0.29, 0.717) is 18.1 Å². The fourth-order valence-corrected chi connectivity index (χ4v) is 3.11. The van der Waals surface area contributed by atoms with Gasteiger partial charge in [0.05, 0.1) is 12.2 Å². The van der Waals surface area contributed by atoms with E-state index in [1.807, 2.05) is 18.2 Å². The van der Waals surface area contributed by atoms with Crippen LogP contribution in [0.25, 0.3) is 0 Å². The van der Waals surface area contributed by atoms with E-state index >= 15 is 0 Å². The Kier molecular flexibility index (Phi) is 5.26. The Labute approximate surface area is 121 Å². The Balaban J connectivity index is 2.14. The van der Waals surface area contributed by atoms with Gasteiger partial charge in [-0.1, -0.05) is 50.4 Å². The summed E-state index contributed by atoms with van der Waals surface area (Å²) >= 11 is 6.09. The molecule has 106 valence electrons. The molecule has 0 spiro atoms. The average Bonchev–Trinajstić information content (AvgIpc) is 2.42. The summed E-state index contributed by atoms with van der Waals surface area (Å²) in [4.78, 5) is 0. The fourth-order valence-electron chi connectivity index (χ4n) is 2.91. The minimum absolute atomic E-state index is 0.0954. The summed E-state index contributed by atoms with van der Waals surface area (Å²) in [5.41, 5.74) is 1.17. The lowest BCUT2D eigenvalue weighted by molar-refractivity contribution is -0.0881. The van der Waals surface area contributed by atoms with Crippen molar-refractivity contribution in [2.75, 3.05) is 6.54 Å². The first-order valence-corrected chi connectivity index (χ1v) is 7.67. The van der Waals surface area contributed by atoms with E-state index in [2.05, 4.69) is 32.2 Å². The van der Waals surface area contributed by atoms with Gasteiger partial charge in [-0.05, 0) is 30.5 Å². The van der Waals surface area contributed by atoms with E-state index < -0.39 is 0 Å². The normalized spacial score (nSPS) is 27.7. The molecule has 3 unspecified atom stereocenters. The predicted molar refractivity (Wildman–Crippen MR) is 80.6 cm³/mol. The molecule has 0 aliphatic carbocycles. The van der Waals surface area contributed by atoms with Gasteiger partial charge in [-0.15, -0.1) is 0 Å². The first-order valence-electron chi connectivity index (χ1n) is 7.30. The molecule has 2 rings (SSSR count). The zero-order valence-electron chi connectivity index (χ0n) is 12.0. The summed E-state index contributed by atoms with van der Waals surface area (Å²) in [5.74, 6) is 0.627. The zero-order valence-corrected chi connectivity index (χ0v) is 12.8. The predicted octanol–water partition coefficient (Wildman–Crippen LogP) is 4.19. The Morgan fingerprint density at radius 2 is 2.11 bits per heavy atom. The Hall–Kier alpha value is -0.570. The second kappa shape index (κ2) is 6.74. The third-order valence-corrected chi connectivity index (χ3v) is 4.40. The van der Waals surface area contributed by atoms with Crippen LogP contribution in [0.5, 0.6) is 0 Å². The van der Waals surface area contributed by atoms with Crippen molar-refractivity contribution >= 4 is 11.6 Å². The molecule has 0 aromatic heterocycles. The van der Waals surface area contributed by atoms with Crippen molar-refractivity contribution in [2.24, 2.45) is 5.92 Å². The molecule has 0 saturated carbocycles. The summed E-state index contributed by atoms with van der Waals surface area (Å²) in [7, 11) is 0. The van der Waals surface area contributed by atoms with Crippen molar-refractivity contribution in [3.63, 3.8) is 0 Å². The standard InChI is InChI=1S/C16H24ClNO/c1-4-12(5-2)15-10-18-11(3)16(19-15)13-7-6-8-14(17)9-13/h6-9,11-12,15-16,18H,4-5,10H2,1-3H3. The largest absolute Gasteiger partial charge is 0.367 e. The maximum atomic E-state index is 6.36. The number of halogens is 1. The summed E-state index contributed by atoms with van der Waals surface area (Å²) in [6, 6.07) is 8.34. The minimum atomic E-state index is 0.0954. The average molecular weight is 282 g/mol. The van der Waals surface area contributed by atoms with Gasteiger partial charge < -0.3 is 10.1 Å². The van der Waals surface area contributed by atoms with Gasteiger partial charge in [0.1, 0.15) is 0 Å². The van der Waals surface area contributed by atoms with Gasteiger partial charge in [-0.3, -0.25) is 0 Å². The molecule has 0 bridgehead atoms. The van der Waals surface area contributed by atoms with Crippen LogP contribution in [0.4, 0.5) is 0 Å². The molecule has 1 aromatic rings. The summed E-state index contributed by atoms with van der Waals surface area (Å²) in [5, 5.41) is 4.36. The molecule has 1 fully saturated rings. The second-order valence-electron chi connectivity index (χ2n) is 5.42. The van der Waals surface area contributed by atoms with Crippen LogP contribution in [0, 0.1) is 5.92 Å². The molecule has 19 heavy (non-hydrogen) atoms. The van der Waals surface area contributed by atoms with E-state index in [0.717, 1.165) is 11.6 Å². The van der Waals surface area contributed by atoms with E-state index in [-0.39, 0.29) is 6.10 Å². The number of ether oxygens (including phenoxy) is 1. The van der Waals surface area contributed by atoms with Crippen molar-refractivity contribution in [3.05, 3.63) is 34.9 Å². The molecule has 2 nitrogen and oxygen atoms in total. The second-order valence-corrected chi connectivity index (χ2v) is 5.86. The molecule has 1 N–H and O–H groups in total. The van der Waals surface area contributed by atoms with Gasteiger partial charge in [-0.2, -0.15) is 0 Å². The maximum absolute atomic E-state index is 6.36. The molecule has 3 atom stereocenters. The molecule has 1 aromatic carbocycles. The topological polar surface area (TPSA) is 21.3 Å². The first kappa shape index (κ1) is 14.8. The monoisotopic (exact) mass is 281 g/mol. The molecule has 1 heterocycles. The van der Waals surface area contributed by atoms with E-state index in [1.165, 1.54) is 18.4 Å². The van der Waals surface area contributed by atoms with Crippen LogP contribution in [0.15, 0.2) is 24.3 Å². The van der Waals surface area contributed by atoms with Crippen LogP contribution in [0.1, 0.15) is 45.3 Å². The van der Waals surface area contributed by atoms with Crippen LogP contribution in [-0.2, 0) is 4.74 Å². The van der Waals surface area contributed by atoms with E-state index in [9.17, 15) is 0 Å². The Bertz CT molecular complexity index is 405. The lowest BCUT2D eigenvalue weighted by Crippen LogP contribution is -2.49. The summed E-state index contributed by atoms with van der Waals surface area (Å²) in [6.07, 6.45) is 2.73. The minimum Gasteiger partial charge on any atom is -0.367 e. The summed E-state index contributed by atoms with van der Waals surface area (Å²) < 4.78 is 6.36. The number of rotatable bonds is 4. The van der Waals surface area contributed by atoms with Crippen LogP contribution < -0.4 is 5.32 Å². The molecule has 1 aliphatic rings. The van der Waals surface area contributed by atoms with Gasteiger partial charge in [-0.25, -0.2) is 0 Å². The van der Waals surface area contributed by atoms with Crippen LogP contribution in [0.3, 0.4) is 0 Å². The smallest absolute Gasteiger partial charge is 0.0980 e. The highest BCUT2D eigenvalue weighted by Gasteiger charge is 2.32. The highest BCUT2D eigenvalue weighted by Crippen LogP contribution is 2.31. The van der Waals surface area contributed by atoms with E-state index in [4.69, 9.17) is 16.3 Å². The Morgan fingerprint density at radius 1 is 1.37 bits per heavy atom. The van der Waals surface area contributed by atoms with Crippen LogP contribution in [-0.4, -0.2) is 18.7 Å². The Morgan fingerprint density at radius 3 is 2.74 bits per heavy atom. The van der Waals surface area contributed by atoms with Gasteiger partial charge in [0.15, 0.2) is 0 Å². The van der Waals surface area contributed by atoms with Crippen molar-refractivity contribution in [1.29, 1.82) is 0 Å². The molecule has 0 radical (unpaired) electrons. The number of benzene rings is 1. The highest BCUT2D eigenvalue weighted by molar-refractivity contribution is 6.30. The molecular formula is C16H24ClNO. The lowest BCUT2D eigenvalue weighted by atomic mass is 9.92. The van der Waals surface area contributed by atoms with Gasteiger partial charge in [0.25, 0.3) is 0 Å². The molecule has 1 saturated heterocycles. The van der Waals surface area contributed by atoms with Crippen molar-refractivity contribution in [1.82, 2.24) is 5.32 Å². The maximum Gasteiger partial charge on any atom is 0.0980 e. The van der Waals surface area contributed by atoms with Crippen LogP contribution in [0.2, 0.25) is 5.02 Å². The van der Waals surface area contributed by atoms with Crippen molar-refractivity contribution < 1.29 is 4.74 Å². The van der Waals surface area contributed by atoms with Gasteiger partial charge >= 0.3 is 0 Å².